The van der Waals surface area contributed by atoms with E-state index in [1.54, 1.807) is 48.5 Å². The van der Waals surface area contributed by atoms with Crippen molar-refractivity contribution in [2.45, 2.75) is 38.9 Å². The first-order valence-electron chi connectivity index (χ1n) is 9.08. The standard InChI is InChI=1S/C22H24O4/c1-15-13-14-16(2)20(26-22(24)18-11-7-4-8-12-18)19(15)25-21(23)17-9-5-3-6-10-17/h3-12,15-16,19-20H,13-14H2,1-2H3/t15-,16+,19-,20-/m1/s1. The number of carbonyl (C=O) groups is 2. The predicted molar refractivity (Wildman–Crippen MR) is 98.9 cm³/mol. The predicted octanol–water partition coefficient (Wildman–Crippen LogP) is 4.50. The van der Waals surface area contributed by atoms with Crippen LogP contribution >= 0.6 is 0 Å². The normalized spacial score (nSPS) is 25.3. The third kappa shape index (κ3) is 4.13. The summed E-state index contributed by atoms with van der Waals surface area (Å²) in [7, 11) is 0. The van der Waals surface area contributed by atoms with Gasteiger partial charge < -0.3 is 9.47 Å². The Labute approximate surface area is 154 Å². The van der Waals surface area contributed by atoms with Crippen LogP contribution in [-0.4, -0.2) is 24.1 Å². The molecule has 1 fully saturated rings. The number of hydrogen-bond donors (Lipinski definition) is 0. The molecule has 0 amide bonds. The maximum absolute atomic E-state index is 12.5. The van der Waals surface area contributed by atoms with Gasteiger partial charge >= 0.3 is 11.9 Å². The van der Waals surface area contributed by atoms with E-state index in [4.69, 9.17) is 9.47 Å². The van der Waals surface area contributed by atoms with E-state index in [-0.39, 0.29) is 23.8 Å². The number of esters is 2. The monoisotopic (exact) mass is 352 g/mol. The highest BCUT2D eigenvalue weighted by Gasteiger charge is 2.41. The second kappa shape index (κ2) is 8.17. The molecule has 0 aromatic heterocycles. The molecule has 2 aromatic rings. The maximum Gasteiger partial charge on any atom is 0.338 e. The number of rotatable bonds is 4. The summed E-state index contributed by atoms with van der Waals surface area (Å²) in [6.07, 6.45) is 0.985. The minimum Gasteiger partial charge on any atom is -0.455 e. The summed E-state index contributed by atoms with van der Waals surface area (Å²) in [6, 6.07) is 17.8. The van der Waals surface area contributed by atoms with Gasteiger partial charge in [-0.3, -0.25) is 0 Å². The van der Waals surface area contributed by atoms with Gasteiger partial charge in [-0.15, -0.1) is 0 Å². The molecule has 0 aliphatic heterocycles. The lowest BCUT2D eigenvalue weighted by Gasteiger charge is -2.39. The number of hydrogen-bond acceptors (Lipinski definition) is 4. The fourth-order valence-electron chi connectivity index (χ4n) is 3.40. The van der Waals surface area contributed by atoms with Gasteiger partial charge in [0, 0.05) is 0 Å². The molecule has 0 saturated heterocycles. The van der Waals surface area contributed by atoms with Crippen molar-refractivity contribution in [2.75, 3.05) is 0 Å². The SMILES string of the molecule is C[C@@H]1CC[C@H](C)[C@@H](OC(=O)c2ccccc2)[C@@H]1OC(=O)c1ccccc1. The summed E-state index contributed by atoms with van der Waals surface area (Å²) < 4.78 is 11.6. The molecule has 1 saturated carbocycles. The lowest BCUT2D eigenvalue weighted by atomic mass is 9.79. The van der Waals surface area contributed by atoms with Gasteiger partial charge in [-0.1, -0.05) is 50.2 Å². The molecular formula is C22H24O4. The fraction of sp³-hybridized carbons (Fsp3) is 0.364. The molecule has 26 heavy (non-hydrogen) atoms. The number of benzene rings is 2. The fourth-order valence-corrected chi connectivity index (χ4v) is 3.40. The maximum atomic E-state index is 12.5. The van der Waals surface area contributed by atoms with E-state index >= 15 is 0 Å². The molecule has 136 valence electrons. The van der Waals surface area contributed by atoms with Crippen LogP contribution in [-0.2, 0) is 9.47 Å². The van der Waals surface area contributed by atoms with E-state index < -0.39 is 12.2 Å². The van der Waals surface area contributed by atoms with Gasteiger partial charge in [0.25, 0.3) is 0 Å². The van der Waals surface area contributed by atoms with Crippen LogP contribution in [0.5, 0.6) is 0 Å². The molecule has 2 aromatic carbocycles. The quantitative estimate of drug-likeness (QED) is 0.760. The zero-order valence-corrected chi connectivity index (χ0v) is 15.1. The van der Waals surface area contributed by atoms with Gasteiger partial charge in [-0.2, -0.15) is 0 Å². The Bertz CT molecular complexity index is 676. The Morgan fingerprint density at radius 3 is 1.38 bits per heavy atom. The summed E-state index contributed by atoms with van der Waals surface area (Å²) in [5.41, 5.74) is 1.01. The minimum absolute atomic E-state index is 0.132. The van der Waals surface area contributed by atoms with E-state index in [1.165, 1.54) is 0 Å². The Balaban J connectivity index is 1.76. The van der Waals surface area contributed by atoms with Crippen molar-refractivity contribution in [1.29, 1.82) is 0 Å². The molecule has 3 rings (SSSR count). The molecule has 0 N–H and O–H groups in total. The van der Waals surface area contributed by atoms with Gasteiger partial charge in [-0.25, -0.2) is 9.59 Å². The highest BCUT2D eigenvalue weighted by molar-refractivity contribution is 5.90. The number of carbonyl (C=O) groups excluding carboxylic acids is 2. The van der Waals surface area contributed by atoms with E-state index in [9.17, 15) is 9.59 Å². The molecular weight excluding hydrogens is 328 g/mol. The molecule has 4 heteroatoms. The summed E-state index contributed by atoms with van der Waals surface area (Å²) in [5, 5.41) is 0. The smallest absolute Gasteiger partial charge is 0.338 e. The van der Waals surface area contributed by atoms with Crippen LogP contribution in [0.1, 0.15) is 47.4 Å². The number of ether oxygens (including phenoxy) is 2. The minimum atomic E-state index is -0.445. The highest BCUT2D eigenvalue weighted by Crippen LogP contribution is 2.34. The molecule has 1 aliphatic carbocycles. The third-order valence-electron chi connectivity index (χ3n) is 5.03. The van der Waals surface area contributed by atoms with Gasteiger partial charge in [0.15, 0.2) is 0 Å². The Morgan fingerprint density at radius 1 is 0.692 bits per heavy atom. The Kier molecular flexibility index (Phi) is 5.71. The zero-order valence-electron chi connectivity index (χ0n) is 15.1. The second-order valence-electron chi connectivity index (χ2n) is 7.00. The van der Waals surface area contributed by atoms with Crippen molar-refractivity contribution in [3.63, 3.8) is 0 Å². The Morgan fingerprint density at radius 2 is 1.04 bits per heavy atom. The van der Waals surface area contributed by atoms with Crippen molar-refractivity contribution in [3.05, 3.63) is 71.8 Å². The van der Waals surface area contributed by atoms with Crippen molar-refractivity contribution in [2.24, 2.45) is 11.8 Å². The average Bonchev–Trinajstić information content (AvgIpc) is 2.68. The summed E-state index contributed by atoms with van der Waals surface area (Å²) in [4.78, 5) is 25.0. The Hall–Kier alpha value is -2.62. The van der Waals surface area contributed by atoms with Crippen LogP contribution in [0.3, 0.4) is 0 Å². The van der Waals surface area contributed by atoms with E-state index in [0.29, 0.717) is 11.1 Å². The molecule has 0 bridgehead atoms. The van der Waals surface area contributed by atoms with Crippen molar-refractivity contribution in [3.8, 4) is 0 Å². The van der Waals surface area contributed by atoms with Crippen LogP contribution < -0.4 is 0 Å². The molecule has 1 aliphatic rings. The van der Waals surface area contributed by atoms with Gasteiger partial charge in [-0.05, 0) is 48.9 Å². The van der Waals surface area contributed by atoms with E-state index in [0.717, 1.165) is 12.8 Å². The lowest BCUT2D eigenvalue weighted by molar-refractivity contribution is -0.0901. The highest BCUT2D eigenvalue weighted by atomic mass is 16.6. The second-order valence-corrected chi connectivity index (χ2v) is 7.00. The van der Waals surface area contributed by atoms with Gasteiger partial charge in [0.05, 0.1) is 11.1 Å². The van der Waals surface area contributed by atoms with Crippen LogP contribution in [0.4, 0.5) is 0 Å². The first-order chi connectivity index (χ1) is 12.6. The zero-order chi connectivity index (χ0) is 18.5. The van der Waals surface area contributed by atoms with Crippen LogP contribution in [0.25, 0.3) is 0 Å². The van der Waals surface area contributed by atoms with Crippen LogP contribution in [0.2, 0.25) is 0 Å². The lowest BCUT2D eigenvalue weighted by Crippen LogP contribution is -2.47. The van der Waals surface area contributed by atoms with Gasteiger partial charge in [0.2, 0.25) is 0 Å². The molecule has 4 nitrogen and oxygen atoms in total. The van der Waals surface area contributed by atoms with Crippen LogP contribution in [0, 0.1) is 11.8 Å². The average molecular weight is 352 g/mol. The van der Waals surface area contributed by atoms with Crippen molar-refractivity contribution in [1.82, 2.24) is 0 Å². The molecule has 0 unspecified atom stereocenters. The molecule has 0 spiro atoms. The van der Waals surface area contributed by atoms with Gasteiger partial charge in [0.1, 0.15) is 12.2 Å². The first-order valence-corrected chi connectivity index (χ1v) is 9.08. The third-order valence-corrected chi connectivity index (χ3v) is 5.03. The topological polar surface area (TPSA) is 52.6 Å². The molecule has 4 atom stereocenters. The molecule has 0 heterocycles. The summed E-state index contributed by atoms with van der Waals surface area (Å²) >= 11 is 0. The summed E-state index contributed by atoms with van der Waals surface area (Å²) in [6.45, 7) is 4.08. The largest absolute Gasteiger partial charge is 0.455 e. The van der Waals surface area contributed by atoms with E-state index in [2.05, 4.69) is 0 Å². The first kappa shape index (κ1) is 18.2. The van der Waals surface area contributed by atoms with Crippen molar-refractivity contribution >= 4 is 11.9 Å². The molecule has 0 radical (unpaired) electrons. The van der Waals surface area contributed by atoms with Crippen molar-refractivity contribution < 1.29 is 19.1 Å². The van der Waals surface area contributed by atoms with Crippen LogP contribution in [0.15, 0.2) is 60.7 Å². The summed E-state index contributed by atoms with van der Waals surface area (Å²) in [5.74, 6) is -0.491. The van der Waals surface area contributed by atoms with E-state index in [1.807, 2.05) is 26.0 Å².